The first kappa shape index (κ1) is 94.5. The number of carbonyl (C=O) groups is 6. The van der Waals surface area contributed by atoms with Crippen LogP contribution in [-0.2, 0) is 39.2 Å². The Hall–Kier alpha value is -2.67. The minimum Gasteiger partial charge on any atom is -0.481 e. The quantitative estimate of drug-likeness (QED) is 0.0188. The predicted octanol–water partition coefficient (Wildman–Crippen LogP) is 19.8. The molecular weight excluding hydrogens is 1200 g/mol. The Bertz CT molecular complexity index is 1600. The van der Waals surface area contributed by atoms with Gasteiger partial charge in [-0.3, -0.25) is 47.7 Å². The summed E-state index contributed by atoms with van der Waals surface area (Å²) in [5, 5.41) is 37.6. The van der Waals surface area contributed by atoms with E-state index >= 15 is 0 Å². The minimum absolute atomic E-state index is 0.105. The number of Topliss-reactive ketones (excluding diaryl/α,β-unsaturated/α-hetero) is 4. The Labute approximate surface area is 570 Å². The van der Waals surface area contributed by atoms with Gasteiger partial charge in [0.05, 0.1) is 26.1 Å². The second kappa shape index (κ2) is 73.6. The highest BCUT2D eigenvalue weighted by atomic mass is 32.3. The van der Waals surface area contributed by atoms with E-state index < -0.39 is 34.4 Å². The van der Waals surface area contributed by atoms with Crippen LogP contribution < -0.4 is 0 Å². The van der Waals surface area contributed by atoms with E-state index in [9.17, 15) is 49.2 Å². The summed E-state index contributed by atoms with van der Waals surface area (Å²) in [6.07, 6.45) is 65.3. The molecule has 6 N–H and O–H groups in total. The lowest BCUT2D eigenvalue weighted by molar-refractivity contribution is -0.140. The number of rotatable bonds is 72. The fourth-order valence-electron chi connectivity index (χ4n) is 12.5. The molecule has 0 unspecified atom stereocenters. The molecule has 0 atom stereocenters. The van der Waals surface area contributed by atoms with E-state index in [1.807, 2.05) is 0 Å². The van der Waals surface area contributed by atoms with Crippen molar-refractivity contribution in [3.8, 4) is 0 Å². The monoisotopic (exact) mass is 1350 g/mol. The zero-order valence-corrected chi connectivity index (χ0v) is 61.5. The lowest BCUT2D eigenvalue weighted by atomic mass is 9.95. The molecule has 552 valence electrons. The van der Waals surface area contributed by atoms with Crippen molar-refractivity contribution in [3.63, 3.8) is 0 Å². The third kappa shape index (κ3) is 71.9. The molecule has 0 radical (unpaired) electrons. The molecule has 0 aliphatic heterocycles. The van der Waals surface area contributed by atoms with Gasteiger partial charge in [-0.1, -0.05) is 336 Å². The number of aliphatic hydroxyl groups is 2. The first-order valence-corrected chi connectivity index (χ1v) is 40.3. The summed E-state index contributed by atoms with van der Waals surface area (Å²) in [6.45, 7) is 9.12. The van der Waals surface area contributed by atoms with Gasteiger partial charge in [-0.15, -0.1) is 0 Å². The summed E-state index contributed by atoms with van der Waals surface area (Å²) in [7, 11) is -4.67. The van der Waals surface area contributed by atoms with Crippen LogP contribution in [-0.4, -0.2) is 134 Å². The van der Waals surface area contributed by atoms with Gasteiger partial charge in [-0.25, -0.2) is 0 Å². The fraction of sp³-hybridized carbons (Fsp3) is 0.921. The molecule has 0 fully saturated rings. The fourth-order valence-corrected chi connectivity index (χ4v) is 12.5. The van der Waals surface area contributed by atoms with Crippen LogP contribution in [0.25, 0.3) is 0 Å². The first-order valence-electron chi connectivity index (χ1n) is 38.9. The number of carboxylic acid groups (broad SMARTS) is 2. The molecule has 0 saturated carbocycles. The molecule has 0 aromatic heterocycles. The lowest BCUT2D eigenvalue weighted by Crippen LogP contribution is -2.48. The van der Waals surface area contributed by atoms with Crippen LogP contribution in [0.4, 0.5) is 0 Å². The van der Waals surface area contributed by atoms with Crippen molar-refractivity contribution in [3.05, 3.63) is 0 Å². The van der Waals surface area contributed by atoms with Crippen molar-refractivity contribution >= 4 is 45.5 Å². The van der Waals surface area contributed by atoms with Gasteiger partial charge in [0.15, 0.2) is 23.1 Å². The highest BCUT2D eigenvalue weighted by Crippen LogP contribution is 2.21. The van der Waals surface area contributed by atoms with Gasteiger partial charge in [-0.05, 0) is 25.7 Å². The number of carboxylic acids is 2. The normalized spacial score (nSPS) is 11.6. The average Bonchev–Trinajstić information content (AvgIpc) is 1.37. The van der Waals surface area contributed by atoms with Gasteiger partial charge < -0.3 is 20.4 Å². The molecular formula is C76H148N2O14S. The van der Waals surface area contributed by atoms with Crippen molar-refractivity contribution < 1.29 is 66.7 Å². The number of hydrogen-bond donors (Lipinski definition) is 6. The number of unbranched alkanes of at least 4 members (excludes halogenated alkanes) is 48. The van der Waals surface area contributed by atoms with Crippen molar-refractivity contribution in [2.45, 2.75) is 412 Å². The van der Waals surface area contributed by atoms with E-state index in [0.717, 1.165) is 77.0 Å². The zero-order valence-electron chi connectivity index (χ0n) is 60.7. The van der Waals surface area contributed by atoms with E-state index in [2.05, 4.69) is 27.7 Å². The predicted molar refractivity (Wildman–Crippen MR) is 385 cm³/mol. The summed E-state index contributed by atoms with van der Waals surface area (Å²) in [4.78, 5) is 78.8. The molecule has 0 aromatic carbocycles. The molecule has 93 heavy (non-hydrogen) atoms. The standard InChI is InChI=1S/2C38H73NO5.H2O4S/c2*1-3-5-7-9-11-13-15-17-19-21-23-25-27-29-35(41)38(39(33-34-40)32-31-37(43)44)36(42)30-28-26-24-22-20-18-16-14-12-10-8-6-4-2;1-5(2,3)4/h2*38,40H,3-34H2,1-2H3,(H,43,44);(H2,1,2,3,4). The molecule has 16 nitrogen and oxygen atoms in total. The molecule has 0 amide bonds. The van der Waals surface area contributed by atoms with Crippen LogP contribution in [0.2, 0.25) is 0 Å². The van der Waals surface area contributed by atoms with Gasteiger partial charge >= 0.3 is 22.3 Å². The molecule has 0 aliphatic carbocycles. The van der Waals surface area contributed by atoms with Crippen LogP contribution in [0.15, 0.2) is 0 Å². The molecule has 0 heterocycles. The average molecular weight is 1350 g/mol. The number of ketones is 4. The molecule has 0 bridgehead atoms. The second-order valence-electron chi connectivity index (χ2n) is 26.9. The Morgan fingerprint density at radius 1 is 0.258 bits per heavy atom. The summed E-state index contributed by atoms with van der Waals surface area (Å²) in [5.74, 6) is -2.34. The maximum absolute atomic E-state index is 13.3. The van der Waals surface area contributed by atoms with Gasteiger partial charge in [-0.2, -0.15) is 8.42 Å². The van der Waals surface area contributed by atoms with E-state index in [1.165, 1.54) is 257 Å². The van der Waals surface area contributed by atoms with Crippen molar-refractivity contribution in [2.75, 3.05) is 39.4 Å². The van der Waals surface area contributed by atoms with Crippen LogP contribution >= 0.6 is 0 Å². The largest absolute Gasteiger partial charge is 0.481 e. The smallest absolute Gasteiger partial charge is 0.394 e. The maximum atomic E-state index is 13.3. The first-order chi connectivity index (χ1) is 44.9. The summed E-state index contributed by atoms with van der Waals surface area (Å²) >= 11 is 0. The third-order valence-corrected chi connectivity index (χ3v) is 18.1. The highest BCUT2D eigenvalue weighted by molar-refractivity contribution is 7.79. The Morgan fingerprint density at radius 2 is 0.398 bits per heavy atom. The van der Waals surface area contributed by atoms with Gasteiger partial charge in [0, 0.05) is 51.9 Å². The molecule has 0 aliphatic rings. The van der Waals surface area contributed by atoms with Crippen LogP contribution in [0.1, 0.15) is 400 Å². The Balaban J connectivity index is -0.00000162. The Morgan fingerprint density at radius 3 is 0.527 bits per heavy atom. The van der Waals surface area contributed by atoms with Gasteiger partial charge in [0.2, 0.25) is 0 Å². The minimum atomic E-state index is -4.67. The molecule has 0 rings (SSSR count). The van der Waals surface area contributed by atoms with E-state index in [4.69, 9.17) is 17.5 Å². The number of aliphatic carboxylic acids is 2. The van der Waals surface area contributed by atoms with Crippen molar-refractivity contribution in [1.82, 2.24) is 9.80 Å². The third-order valence-electron chi connectivity index (χ3n) is 18.1. The molecule has 0 saturated heterocycles. The number of hydrogen-bond acceptors (Lipinski definition) is 12. The van der Waals surface area contributed by atoms with Crippen molar-refractivity contribution in [1.29, 1.82) is 0 Å². The van der Waals surface area contributed by atoms with E-state index in [-0.39, 0.29) is 75.4 Å². The lowest BCUT2D eigenvalue weighted by Gasteiger charge is -2.29. The van der Waals surface area contributed by atoms with Gasteiger partial charge in [0.25, 0.3) is 0 Å². The summed E-state index contributed by atoms with van der Waals surface area (Å²) in [6, 6.07) is -1.84. The molecule has 17 heteroatoms. The zero-order chi connectivity index (χ0) is 69.5. The topological polar surface area (TPSA) is 264 Å². The van der Waals surface area contributed by atoms with E-state index in [1.54, 1.807) is 9.80 Å². The SMILES string of the molecule is CCCCCCCCCCCCCCCC(=O)C(C(=O)CCCCCCCCCCCCCCC)N(CCO)CCC(=O)O.CCCCCCCCCCCCCCCC(=O)C(C(=O)CCCCCCCCCCCCCCC)N(CCO)CCC(=O)O.O=S(=O)(O)O. The van der Waals surface area contributed by atoms with E-state index in [0.29, 0.717) is 25.7 Å². The van der Waals surface area contributed by atoms with Crippen LogP contribution in [0.5, 0.6) is 0 Å². The van der Waals surface area contributed by atoms with Crippen LogP contribution in [0, 0.1) is 0 Å². The number of aliphatic hydroxyl groups excluding tert-OH is 2. The molecule has 0 aromatic rings. The Kier molecular flexibility index (Phi) is 74.8. The second-order valence-corrected chi connectivity index (χ2v) is 27.8. The maximum Gasteiger partial charge on any atom is 0.394 e. The van der Waals surface area contributed by atoms with Crippen LogP contribution in [0.3, 0.4) is 0 Å². The molecule has 0 spiro atoms. The highest BCUT2D eigenvalue weighted by Gasteiger charge is 2.33. The number of carbonyl (C=O) groups excluding carboxylic acids is 4. The summed E-state index contributed by atoms with van der Waals surface area (Å²) in [5.41, 5.74) is 0. The summed E-state index contributed by atoms with van der Waals surface area (Å²) < 4.78 is 31.6. The number of nitrogens with zero attached hydrogens (tertiary/aromatic N) is 2. The van der Waals surface area contributed by atoms with Gasteiger partial charge in [0.1, 0.15) is 12.1 Å². The van der Waals surface area contributed by atoms with Crippen molar-refractivity contribution in [2.24, 2.45) is 0 Å².